The Morgan fingerprint density at radius 2 is 2.17 bits per heavy atom. The summed E-state index contributed by atoms with van der Waals surface area (Å²) in [7, 11) is -1.19. The molecule has 0 bridgehead atoms. The Kier molecular flexibility index (Phi) is 4.78. The predicted octanol–water partition coefficient (Wildman–Crippen LogP) is 0.483. The minimum atomic E-state index is -3.15. The van der Waals surface area contributed by atoms with Crippen LogP contribution in [0.2, 0.25) is 0 Å². The van der Waals surface area contributed by atoms with Gasteiger partial charge in [0.05, 0.1) is 17.6 Å². The summed E-state index contributed by atoms with van der Waals surface area (Å²) in [6.07, 6.45) is 6.49. The summed E-state index contributed by atoms with van der Waals surface area (Å²) < 4.78 is 33.7. The molecule has 1 spiro atoms. The van der Waals surface area contributed by atoms with E-state index in [4.69, 9.17) is 4.74 Å². The van der Waals surface area contributed by atoms with Gasteiger partial charge in [-0.3, -0.25) is 9.58 Å². The highest BCUT2D eigenvalue weighted by Gasteiger charge is 2.40. The van der Waals surface area contributed by atoms with Crippen LogP contribution in [0.1, 0.15) is 31.4 Å². The average Bonchev–Trinajstić information content (AvgIpc) is 2.85. The van der Waals surface area contributed by atoms with Crippen LogP contribution in [0.15, 0.2) is 12.3 Å². The molecule has 0 unspecified atom stereocenters. The first-order valence-electron chi connectivity index (χ1n) is 8.16. The van der Waals surface area contributed by atoms with Gasteiger partial charge in [0.15, 0.2) is 0 Å². The molecule has 1 aromatic rings. The standard InChI is InChI=1S/C15H26N4O3S/c1-18-14(3-7-16-18)12-19-8-5-15(6-9-19)11-13(4-10-22-15)17-23(2,20)21/h3,7,13,17H,4-6,8-12H2,1-2H3/t13-/m1/s1. The van der Waals surface area contributed by atoms with E-state index in [0.717, 1.165) is 45.3 Å². The van der Waals surface area contributed by atoms with E-state index in [0.29, 0.717) is 6.61 Å². The van der Waals surface area contributed by atoms with E-state index in [1.165, 1.54) is 11.9 Å². The van der Waals surface area contributed by atoms with Gasteiger partial charge >= 0.3 is 0 Å². The fourth-order valence-electron chi connectivity index (χ4n) is 3.68. The van der Waals surface area contributed by atoms with E-state index in [9.17, 15) is 8.42 Å². The highest BCUT2D eigenvalue weighted by atomic mass is 32.2. The van der Waals surface area contributed by atoms with E-state index < -0.39 is 10.0 Å². The molecule has 0 radical (unpaired) electrons. The molecule has 8 heteroatoms. The maximum Gasteiger partial charge on any atom is 0.208 e. The number of ether oxygens (including phenoxy) is 1. The summed E-state index contributed by atoms with van der Waals surface area (Å²) in [6.45, 7) is 3.47. The molecule has 1 aromatic heterocycles. The normalized spacial score (nSPS) is 25.7. The number of nitrogens with zero attached hydrogens (tertiary/aromatic N) is 3. The summed E-state index contributed by atoms with van der Waals surface area (Å²) in [4.78, 5) is 2.42. The molecular formula is C15H26N4O3S. The third-order valence-corrected chi connectivity index (χ3v) is 5.71. The van der Waals surface area contributed by atoms with Gasteiger partial charge in [0.2, 0.25) is 10.0 Å². The van der Waals surface area contributed by atoms with Crippen molar-refractivity contribution in [3.8, 4) is 0 Å². The molecule has 1 N–H and O–H groups in total. The second-order valence-corrected chi connectivity index (χ2v) is 8.61. The Labute approximate surface area is 138 Å². The predicted molar refractivity (Wildman–Crippen MR) is 87.4 cm³/mol. The molecule has 2 aliphatic heterocycles. The molecule has 1 atom stereocenters. The molecule has 0 amide bonds. The fraction of sp³-hybridized carbons (Fsp3) is 0.800. The van der Waals surface area contributed by atoms with Crippen molar-refractivity contribution in [1.29, 1.82) is 0 Å². The van der Waals surface area contributed by atoms with Gasteiger partial charge in [-0.15, -0.1) is 0 Å². The first-order valence-corrected chi connectivity index (χ1v) is 10.0. The van der Waals surface area contributed by atoms with Crippen LogP contribution in [0.3, 0.4) is 0 Å². The molecule has 7 nitrogen and oxygen atoms in total. The third-order valence-electron chi connectivity index (χ3n) is 4.95. The van der Waals surface area contributed by atoms with Crippen LogP contribution >= 0.6 is 0 Å². The second kappa shape index (κ2) is 6.51. The SMILES string of the molecule is Cn1nccc1CN1CCC2(CC1)C[C@H](NS(C)(=O)=O)CCO2. The Bertz CT molecular complexity index is 635. The van der Waals surface area contributed by atoms with Crippen LogP contribution in [0.4, 0.5) is 0 Å². The zero-order chi connectivity index (χ0) is 16.5. The van der Waals surface area contributed by atoms with Crippen molar-refractivity contribution in [2.45, 2.75) is 43.9 Å². The van der Waals surface area contributed by atoms with E-state index in [1.54, 1.807) is 0 Å². The molecule has 2 fully saturated rings. The van der Waals surface area contributed by atoms with Gasteiger partial charge in [0.25, 0.3) is 0 Å². The van der Waals surface area contributed by atoms with E-state index in [2.05, 4.69) is 14.7 Å². The van der Waals surface area contributed by atoms with Crippen molar-refractivity contribution in [2.24, 2.45) is 7.05 Å². The van der Waals surface area contributed by atoms with E-state index in [1.807, 2.05) is 24.0 Å². The number of aromatic nitrogens is 2. The van der Waals surface area contributed by atoms with Gasteiger partial charge in [0, 0.05) is 45.5 Å². The molecule has 2 saturated heterocycles. The van der Waals surface area contributed by atoms with Crippen molar-refractivity contribution in [1.82, 2.24) is 19.4 Å². The third kappa shape index (κ3) is 4.32. The van der Waals surface area contributed by atoms with Crippen LogP contribution in [0, 0.1) is 0 Å². The van der Waals surface area contributed by atoms with E-state index >= 15 is 0 Å². The molecule has 23 heavy (non-hydrogen) atoms. The second-order valence-electron chi connectivity index (χ2n) is 6.83. The number of hydrogen-bond donors (Lipinski definition) is 1. The number of nitrogens with one attached hydrogen (secondary N) is 1. The van der Waals surface area contributed by atoms with Gasteiger partial charge < -0.3 is 4.74 Å². The first kappa shape index (κ1) is 16.9. The van der Waals surface area contributed by atoms with Crippen LogP contribution in [-0.2, 0) is 28.4 Å². The van der Waals surface area contributed by atoms with Crippen molar-refractivity contribution in [3.05, 3.63) is 18.0 Å². The smallest absolute Gasteiger partial charge is 0.208 e. The number of likely N-dealkylation sites (tertiary alicyclic amines) is 1. The maximum atomic E-state index is 11.5. The van der Waals surface area contributed by atoms with Crippen molar-refractivity contribution in [2.75, 3.05) is 26.0 Å². The summed E-state index contributed by atoms with van der Waals surface area (Å²) in [5, 5.41) is 4.21. The summed E-state index contributed by atoms with van der Waals surface area (Å²) in [5.74, 6) is 0. The van der Waals surface area contributed by atoms with Crippen LogP contribution in [-0.4, -0.2) is 60.7 Å². The van der Waals surface area contributed by atoms with Gasteiger partial charge in [-0.25, -0.2) is 13.1 Å². The molecule has 2 aliphatic rings. The molecule has 0 aliphatic carbocycles. The molecule has 3 rings (SSSR count). The Morgan fingerprint density at radius 3 is 2.78 bits per heavy atom. The topological polar surface area (TPSA) is 76.5 Å². The quantitative estimate of drug-likeness (QED) is 0.861. The van der Waals surface area contributed by atoms with E-state index in [-0.39, 0.29) is 11.6 Å². The average molecular weight is 342 g/mol. The summed E-state index contributed by atoms with van der Waals surface area (Å²) in [5.41, 5.74) is 1.05. The first-order chi connectivity index (χ1) is 10.9. The number of aryl methyl sites for hydroxylation is 1. The lowest BCUT2D eigenvalue weighted by Crippen LogP contribution is -2.53. The van der Waals surface area contributed by atoms with Crippen LogP contribution < -0.4 is 4.72 Å². The Hall–Kier alpha value is -0.960. The number of rotatable bonds is 4. The maximum absolute atomic E-state index is 11.5. The minimum absolute atomic E-state index is 0.00220. The monoisotopic (exact) mass is 342 g/mol. The van der Waals surface area contributed by atoms with Crippen LogP contribution in [0.5, 0.6) is 0 Å². The van der Waals surface area contributed by atoms with Crippen molar-refractivity contribution in [3.63, 3.8) is 0 Å². The highest BCUT2D eigenvalue weighted by Crippen LogP contribution is 2.35. The zero-order valence-electron chi connectivity index (χ0n) is 13.9. The summed E-state index contributed by atoms with van der Waals surface area (Å²) >= 11 is 0. The number of hydrogen-bond acceptors (Lipinski definition) is 5. The lowest BCUT2D eigenvalue weighted by molar-refractivity contribution is -0.118. The number of sulfonamides is 1. The van der Waals surface area contributed by atoms with Gasteiger partial charge in [-0.2, -0.15) is 5.10 Å². The highest BCUT2D eigenvalue weighted by molar-refractivity contribution is 7.88. The lowest BCUT2D eigenvalue weighted by atomic mass is 9.82. The van der Waals surface area contributed by atoms with Gasteiger partial charge in [-0.1, -0.05) is 0 Å². The molecular weight excluding hydrogens is 316 g/mol. The van der Waals surface area contributed by atoms with Gasteiger partial charge in [-0.05, 0) is 31.7 Å². The van der Waals surface area contributed by atoms with Crippen molar-refractivity contribution >= 4 is 10.0 Å². The van der Waals surface area contributed by atoms with Crippen molar-refractivity contribution < 1.29 is 13.2 Å². The van der Waals surface area contributed by atoms with Crippen LogP contribution in [0.25, 0.3) is 0 Å². The molecule has 0 aromatic carbocycles. The van der Waals surface area contributed by atoms with Gasteiger partial charge in [0.1, 0.15) is 0 Å². The Balaban J connectivity index is 1.56. The molecule has 3 heterocycles. The summed E-state index contributed by atoms with van der Waals surface area (Å²) in [6, 6.07) is 2.05. The molecule has 0 saturated carbocycles. The lowest BCUT2D eigenvalue weighted by Gasteiger charge is -2.46. The number of piperidine rings is 1. The largest absolute Gasteiger partial charge is 0.375 e. The molecule has 130 valence electrons. The zero-order valence-corrected chi connectivity index (χ0v) is 14.7. The minimum Gasteiger partial charge on any atom is -0.375 e. The fourth-order valence-corrected chi connectivity index (χ4v) is 4.49. The Morgan fingerprint density at radius 1 is 1.43 bits per heavy atom.